The summed E-state index contributed by atoms with van der Waals surface area (Å²) in [7, 11) is 0. The summed E-state index contributed by atoms with van der Waals surface area (Å²) in [4.78, 5) is 11.1. The Kier molecular flexibility index (Phi) is 6.18. The largest absolute Gasteiger partial charge is 0.380 e. The molecular formula is C16H20O2. The lowest BCUT2D eigenvalue weighted by molar-refractivity contribution is 0.101. The second-order valence-electron chi connectivity index (χ2n) is 4.41. The van der Waals surface area contributed by atoms with E-state index in [4.69, 9.17) is 0 Å². The average molecular weight is 244 g/mol. The van der Waals surface area contributed by atoms with Crippen molar-refractivity contribution in [3.05, 3.63) is 35.4 Å². The van der Waals surface area contributed by atoms with Crippen molar-refractivity contribution in [2.45, 2.75) is 45.6 Å². The highest BCUT2D eigenvalue weighted by atomic mass is 16.3. The molecule has 0 heterocycles. The molecular weight excluding hydrogens is 224 g/mol. The number of hydrogen-bond donors (Lipinski definition) is 1. The van der Waals surface area contributed by atoms with Crippen LogP contribution in [0.1, 0.15) is 55.5 Å². The fourth-order valence-electron chi connectivity index (χ4n) is 1.61. The summed E-state index contributed by atoms with van der Waals surface area (Å²) in [6, 6.07) is 7.14. The maximum Gasteiger partial charge on any atom is 0.159 e. The summed E-state index contributed by atoms with van der Waals surface area (Å²) in [5, 5.41) is 9.65. The molecule has 1 unspecified atom stereocenters. The summed E-state index contributed by atoms with van der Waals surface area (Å²) in [5.74, 6) is 5.80. The Morgan fingerprint density at radius 2 is 1.94 bits per heavy atom. The van der Waals surface area contributed by atoms with E-state index in [0.717, 1.165) is 31.2 Å². The van der Waals surface area contributed by atoms with Crippen molar-refractivity contribution in [2.75, 3.05) is 0 Å². The van der Waals surface area contributed by atoms with Gasteiger partial charge in [-0.25, -0.2) is 0 Å². The van der Waals surface area contributed by atoms with Gasteiger partial charge in [-0.05, 0) is 31.9 Å². The lowest BCUT2D eigenvalue weighted by Crippen LogP contribution is -2.02. The van der Waals surface area contributed by atoms with Gasteiger partial charge in [-0.3, -0.25) is 4.79 Å². The van der Waals surface area contributed by atoms with Gasteiger partial charge in [0.15, 0.2) is 5.78 Å². The maximum absolute atomic E-state index is 11.1. The van der Waals surface area contributed by atoms with Crippen LogP contribution in [0.4, 0.5) is 0 Å². The van der Waals surface area contributed by atoms with Crippen LogP contribution >= 0.6 is 0 Å². The summed E-state index contributed by atoms with van der Waals surface area (Å²) < 4.78 is 0. The molecule has 1 rings (SSSR count). The number of unbranched alkanes of at least 4 members (excludes halogenated alkanes) is 2. The molecule has 0 aliphatic carbocycles. The number of benzene rings is 1. The molecule has 0 aliphatic heterocycles. The minimum absolute atomic E-state index is 0.0501. The van der Waals surface area contributed by atoms with Crippen molar-refractivity contribution in [1.82, 2.24) is 0 Å². The summed E-state index contributed by atoms with van der Waals surface area (Å²) >= 11 is 0. The second-order valence-corrected chi connectivity index (χ2v) is 4.41. The van der Waals surface area contributed by atoms with E-state index in [9.17, 15) is 9.90 Å². The average Bonchev–Trinajstić information content (AvgIpc) is 2.37. The van der Waals surface area contributed by atoms with Crippen LogP contribution < -0.4 is 0 Å². The van der Waals surface area contributed by atoms with E-state index < -0.39 is 6.10 Å². The monoisotopic (exact) mass is 244 g/mol. The molecule has 0 saturated carbocycles. The molecule has 2 nitrogen and oxygen atoms in total. The highest BCUT2D eigenvalue weighted by Gasteiger charge is 1.99. The summed E-state index contributed by atoms with van der Waals surface area (Å²) in [6.45, 7) is 3.67. The molecule has 0 radical (unpaired) electrons. The zero-order valence-electron chi connectivity index (χ0n) is 11.1. The third kappa shape index (κ3) is 5.16. The molecule has 0 saturated heterocycles. The Morgan fingerprint density at radius 1 is 1.28 bits per heavy atom. The number of Topliss-reactive ketones (excluding diaryl/α,β-unsaturated/α-hetero) is 1. The van der Waals surface area contributed by atoms with Gasteiger partial charge in [0.05, 0.1) is 0 Å². The van der Waals surface area contributed by atoms with E-state index in [1.54, 1.807) is 12.1 Å². The van der Waals surface area contributed by atoms with Crippen molar-refractivity contribution >= 4 is 5.78 Å². The van der Waals surface area contributed by atoms with Gasteiger partial charge >= 0.3 is 0 Å². The van der Waals surface area contributed by atoms with Crippen molar-refractivity contribution in [3.63, 3.8) is 0 Å². The van der Waals surface area contributed by atoms with Gasteiger partial charge < -0.3 is 5.11 Å². The number of rotatable bonds is 5. The smallest absolute Gasteiger partial charge is 0.159 e. The van der Waals surface area contributed by atoms with E-state index >= 15 is 0 Å². The molecule has 0 amide bonds. The van der Waals surface area contributed by atoms with Gasteiger partial charge in [-0.15, -0.1) is 0 Å². The molecule has 0 bridgehead atoms. The van der Waals surface area contributed by atoms with E-state index in [2.05, 4.69) is 18.8 Å². The zero-order valence-corrected chi connectivity index (χ0v) is 11.1. The maximum atomic E-state index is 11.1. The molecule has 0 spiro atoms. The van der Waals surface area contributed by atoms with E-state index in [1.165, 1.54) is 6.92 Å². The molecule has 2 heteroatoms. The highest BCUT2D eigenvalue weighted by molar-refractivity contribution is 5.94. The van der Waals surface area contributed by atoms with Crippen LogP contribution in [-0.4, -0.2) is 17.0 Å². The minimum atomic E-state index is -0.552. The number of aliphatic hydroxyl groups excluding tert-OH is 1. The zero-order chi connectivity index (χ0) is 13.4. The number of carbonyl (C=O) groups excluding carboxylic acids is 1. The molecule has 0 fully saturated rings. The molecule has 0 aromatic heterocycles. The van der Waals surface area contributed by atoms with Gasteiger partial charge in [-0.2, -0.15) is 0 Å². The first-order valence-corrected chi connectivity index (χ1v) is 6.44. The Hall–Kier alpha value is -1.59. The molecule has 1 atom stereocenters. The first-order valence-electron chi connectivity index (χ1n) is 6.44. The van der Waals surface area contributed by atoms with Gasteiger partial charge in [0.25, 0.3) is 0 Å². The predicted octanol–water partition coefficient (Wildman–Crippen LogP) is 3.18. The van der Waals surface area contributed by atoms with Crippen molar-refractivity contribution < 1.29 is 9.90 Å². The number of carbonyl (C=O) groups is 1. The number of ketones is 1. The normalized spacial score (nSPS) is 11.5. The highest BCUT2D eigenvalue weighted by Crippen LogP contribution is 2.05. The minimum Gasteiger partial charge on any atom is -0.380 e. The molecule has 96 valence electrons. The van der Waals surface area contributed by atoms with Gasteiger partial charge in [0.1, 0.15) is 6.10 Å². The summed E-state index contributed by atoms with van der Waals surface area (Å²) in [5.41, 5.74) is 1.51. The molecule has 18 heavy (non-hydrogen) atoms. The van der Waals surface area contributed by atoms with Crippen LogP contribution in [0.25, 0.3) is 0 Å². The van der Waals surface area contributed by atoms with Crippen LogP contribution in [0.15, 0.2) is 24.3 Å². The topological polar surface area (TPSA) is 37.3 Å². The lowest BCUT2D eigenvalue weighted by atomic mass is 10.1. The van der Waals surface area contributed by atoms with Crippen LogP contribution in [-0.2, 0) is 0 Å². The Labute approximate surface area is 109 Å². The van der Waals surface area contributed by atoms with E-state index in [-0.39, 0.29) is 5.78 Å². The molecule has 1 N–H and O–H groups in total. The van der Waals surface area contributed by atoms with Crippen molar-refractivity contribution in [1.29, 1.82) is 0 Å². The first-order chi connectivity index (χ1) is 8.63. The van der Waals surface area contributed by atoms with Gasteiger partial charge in [0, 0.05) is 11.1 Å². The van der Waals surface area contributed by atoms with E-state index in [0.29, 0.717) is 5.56 Å². The standard InChI is InChI=1S/C16H20O2/c1-3-4-5-6-16(18)12-9-14-7-10-15(11-8-14)13(2)17/h7-8,10-11,16,18H,3-6H2,1-2H3. The molecule has 1 aromatic carbocycles. The van der Waals surface area contributed by atoms with Crippen LogP contribution in [0, 0.1) is 11.8 Å². The Morgan fingerprint density at radius 3 is 2.50 bits per heavy atom. The van der Waals surface area contributed by atoms with Crippen LogP contribution in [0.3, 0.4) is 0 Å². The summed E-state index contributed by atoms with van der Waals surface area (Å²) in [6.07, 6.45) is 3.46. The first kappa shape index (κ1) is 14.5. The SMILES string of the molecule is CCCCCC(O)C#Cc1ccc(C(C)=O)cc1. The van der Waals surface area contributed by atoms with Gasteiger partial charge in [0.2, 0.25) is 0 Å². The third-order valence-electron chi connectivity index (χ3n) is 2.76. The molecule has 0 aliphatic rings. The van der Waals surface area contributed by atoms with Crippen molar-refractivity contribution in [3.8, 4) is 11.8 Å². The fraction of sp³-hybridized carbons (Fsp3) is 0.438. The second kappa shape index (κ2) is 7.68. The number of aliphatic hydroxyl groups is 1. The predicted molar refractivity (Wildman–Crippen MR) is 73.5 cm³/mol. The third-order valence-corrected chi connectivity index (χ3v) is 2.76. The number of hydrogen-bond acceptors (Lipinski definition) is 2. The Balaban J connectivity index is 2.54. The van der Waals surface area contributed by atoms with Crippen molar-refractivity contribution in [2.24, 2.45) is 0 Å². The van der Waals surface area contributed by atoms with Crippen LogP contribution in [0.2, 0.25) is 0 Å². The molecule has 1 aromatic rings. The van der Waals surface area contributed by atoms with Crippen LogP contribution in [0.5, 0.6) is 0 Å². The van der Waals surface area contributed by atoms with Gasteiger partial charge in [-0.1, -0.05) is 43.7 Å². The Bertz CT molecular complexity index is 434. The van der Waals surface area contributed by atoms with E-state index in [1.807, 2.05) is 12.1 Å². The quantitative estimate of drug-likeness (QED) is 0.490. The lowest BCUT2D eigenvalue weighted by Gasteiger charge is -2.01. The fourth-order valence-corrected chi connectivity index (χ4v) is 1.61.